The zero-order chi connectivity index (χ0) is 21.6. The molecule has 1 fully saturated rings. The number of fused-ring (bicyclic) bond motifs is 1. The summed E-state index contributed by atoms with van der Waals surface area (Å²) in [6, 6.07) is 3.51. The van der Waals surface area contributed by atoms with Gasteiger partial charge in [0.15, 0.2) is 0 Å². The number of carbonyl (C=O) groups is 3. The number of amides is 3. The molecule has 0 saturated carbocycles. The lowest BCUT2D eigenvalue weighted by atomic mass is 9.86. The van der Waals surface area contributed by atoms with Crippen LogP contribution in [0, 0.1) is 11.7 Å². The number of halogens is 1. The van der Waals surface area contributed by atoms with Gasteiger partial charge >= 0.3 is 12.0 Å². The minimum atomic E-state index is -0.921. The molecule has 0 radical (unpaired) electrons. The van der Waals surface area contributed by atoms with E-state index in [1.807, 2.05) is 4.90 Å². The number of carbonyl (C=O) groups excluding carboxylic acids is 2. The number of likely N-dealkylation sites (tertiary alicyclic amines) is 1. The molecular formula is C21H28FN3O4. The maximum atomic E-state index is 13.7. The standard InChI is InChI=1S/C21H28FN3O4/c1-20(2)15-6-5-14(22)11-16(15)25(17(20)26)19(29)23-12-13-7-9-24(10-8-13)21(3,4)18(27)28/h5-6,11,13H,7-10,12H2,1-4H3,(H,23,29)(H,27,28). The number of anilines is 1. The van der Waals surface area contributed by atoms with Crippen LogP contribution in [0.15, 0.2) is 18.2 Å². The highest BCUT2D eigenvalue weighted by molar-refractivity contribution is 6.22. The van der Waals surface area contributed by atoms with Crippen LogP contribution in [0.5, 0.6) is 0 Å². The Labute approximate surface area is 169 Å². The Kier molecular flexibility index (Phi) is 5.42. The molecule has 2 heterocycles. The normalized spacial score (nSPS) is 19.9. The summed E-state index contributed by atoms with van der Waals surface area (Å²) in [5, 5.41) is 12.2. The molecule has 0 unspecified atom stereocenters. The van der Waals surface area contributed by atoms with E-state index >= 15 is 0 Å². The van der Waals surface area contributed by atoms with E-state index in [-0.39, 0.29) is 17.5 Å². The van der Waals surface area contributed by atoms with Crippen molar-refractivity contribution in [3.05, 3.63) is 29.6 Å². The molecule has 3 amide bonds. The average Bonchev–Trinajstić information content (AvgIpc) is 2.85. The van der Waals surface area contributed by atoms with E-state index in [0.29, 0.717) is 25.2 Å². The molecule has 0 atom stereocenters. The first-order valence-electron chi connectivity index (χ1n) is 9.87. The van der Waals surface area contributed by atoms with Gasteiger partial charge in [0.25, 0.3) is 0 Å². The average molecular weight is 405 g/mol. The topological polar surface area (TPSA) is 90.0 Å². The molecule has 8 heteroatoms. The van der Waals surface area contributed by atoms with Crippen LogP contribution in [0.4, 0.5) is 14.9 Å². The minimum absolute atomic E-state index is 0.192. The molecule has 7 nitrogen and oxygen atoms in total. The molecule has 0 aliphatic carbocycles. The summed E-state index contributed by atoms with van der Waals surface area (Å²) in [6.07, 6.45) is 1.50. The summed E-state index contributed by atoms with van der Waals surface area (Å²) in [5.41, 5.74) is -0.900. The fraction of sp³-hybridized carbons (Fsp3) is 0.571. The van der Waals surface area contributed by atoms with Gasteiger partial charge in [0.05, 0.1) is 11.1 Å². The first-order valence-corrected chi connectivity index (χ1v) is 9.87. The Bertz CT molecular complexity index is 844. The van der Waals surface area contributed by atoms with Gasteiger partial charge in [0, 0.05) is 6.54 Å². The molecule has 2 aliphatic heterocycles. The monoisotopic (exact) mass is 405 g/mol. The molecule has 0 spiro atoms. The third-order valence-corrected chi connectivity index (χ3v) is 6.29. The summed E-state index contributed by atoms with van der Waals surface area (Å²) >= 11 is 0. The molecule has 1 saturated heterocycles. The number of imide groups is 1. The predicted octanol–water partition coefficient (Wildman–Crippen LogP) is 2.73. The van der Waals surface area contributed by atoms with Crippen molar-refractivity contribution in [2.75, 3.05) is 24.5 Å². The third-order valence-electron chi connectivity index (χ3n) is 6.29. The van der Waals surface area contributed by atoms with E-state index in [1.54, 1.807) is 33.8 Å². The number of carboxylic acid groups (broad SMARTS) is 1. The molecule has 2 N–H and O–H groups in total. The first-order chi connectivity index (χ1) is 13.5. The number of nitrogens with zero attached hydrogens (tertiary/aromatic N) is 2. The van der Waals surface area contributed by atoms with Crippen molar-refractivity contribution in [2.24, 2.45) is 5.92 Å². The van der Waals surface area contributed by atoms with Gasteiger partial charge in [0.2, 0.25) is 5.91 Å². The van der Waals surface area contributed by atoms with Crippen LogP contribution >= 0.6 is 0 Å². The zero-order valence-electron chi connectivity index (χ0n) is 17.3. The number of benzene rings is 1. The van der Waals surface area contributed by atoms with Crippen LogP contribution in [0.1, 0.15) is 46.1 Å². The fourth-order valence-corrected chi connectivity index (χ4v) is 4.07. The van der Waals surface area contributed by atoms with E-state index in [1.165, 1.54) is 12.1 Å². The van der Waals surface area contributed by atoms with Crippen LogP contribution in [-0.4, -0.2) is 53.1 Å². The summed E-state index contributed by atoms with van der Waals surface area (Å²) in [5.74, 6) is -1.54. The third kappa shape index (κ3) is 3.73. The molecule has 29 heavy (non-hydrogen) atoms. The molecule has 158 valence electrons. The number of hydrogen-bond donors (Lipinski definition) is 2. The predicted molar refractivity (Wildman–Crippen MR) is 106 cm³/mol. The molecule has 0 aromatic heterocycles. The lowest BCUT2D eigenvalue weighted by molar-refractivity contribution is -0.150. The van der Waals surface area contributed by atoms with Crippen LogP contribution in [0.3, 0.4) is 0 Å². The Morgan fingerprint density at radius 1 is 1.28 bits per heavy atom. The van der Waals surface area contributed by atoms with Crippen molar-refractivity contribution in [3.63, 3.8) is 0 Å². The second-order valence-electron chi connectivity index (χ2n) is 8.91. The lowest BCUT2D eigenvalue weighted by Gasteiger charge is -2.40. The van der Waals surface area contributed by atoms with Gasteiger partial charge in [-0.05, 0) is 77.2 Å². The van der Waals surface area contributed by atoms with Crippen molar-refractivity contribution < 1.29 is 23.9 Å². The molecule has 1 aromatic carbocycles. The first kappa shape index (κ1) is 21.2. The highest BCUT2D eigenvalue weighted by Crippen LogP contribution is 2.41. The maximum absolute atomic E-state index is 13.7. The highest BCUT2D eigenvalue weighted by Gasteiger charge is 2.47. The van der Waals surface area contributed by atoms with Crippen molar-refractivity contribution in [1.82, 2.24) is 10.2 Å². The van der Waals surface area contributed by atoms with E-state index in [2.05, 4.69) is 5.32 Å². The van der Waals surface area contributed by atoms with Crippen LogP contribution in [-0.2, 0) is 15.0 Å². The lowest BCUT2D eigenvalue weighted by Crippen LogP contribution is -2.54. The summed E-state index contributed by atoms with van der Waals surface area (Å²) in [4.78, 5) is 39.9. The van der Waals surface area contributed by atoms with Crippen LogP contribution in [0.25, 0.3) is 0 Å². The largest absolute Gasteiger partial charge is 0.480 e. The Balaban J connectivity index is 1.62. The summed E-state index contributed by atoms with van der Waals surface area (Å²) in [6.45, 7) is 8.46. The Hall–Kier alpha value is -2.48. The molecule has 1 aromatic rings. The fourth-order valence-electron chi connectivity index (χ4n) is 4.07. The van der Waals surface area contributed by atoms with Crippen molar-refractivity contribution >= 4 is 23.6 Å². The number of carboxylic acids is 1. The smallest absolute Gasteiger partial charge is 0.328 e. The number of hydrogen-bond acceptors (Lipinski definition) is 4. The maximum Gasteiger partial charge on any atom is 0.328 e. The van der Waals surface area contributed by atoms with Crippen molar-refractivity contribution in [1.29, 1.82) is 0 Å². The van der Waals surface area contributed by atoms with Crippen molar-refractivity contribution in [2.45, 2.75) is 51.5 Å². The van der Waals surface area contributed by atoms with E-state index < -0.39 is 28.8 Å². The zero-order valence-corrected chi connectivity index (χ0v) is 17.3. The molecule has 0 bridgehead atoms. The van der Waals surface area contributed by atoms with Gasteiger partial charge < -0.3 is 10.4 Å². The van der Waals surface area contributed by atoms with Crippen LogP contribution < -0.4 is 10.2 Å². The van der Waals surface area contributed by atoms with Gasteiger partial charge in [-0.2, -0.15) is 0 Å². The highest BCUT2D eigenvalue weighted by atomic mass is 19.1. The Morgan fingerprint density at radius 2 is 1.90 bits per heavy atom. The van der Waals surface area contributed by atoms with Gasteiger partial charge in [0.1, 0.15) is 11.4 Å². The summed E-state index contributed by atoms with van der Waals surface area (Å²) < 4.78 is 13.7. The number of aliphatic carboxylic acids is 1. The molecule has 3 rings (SSSR count). The Morgan fingerprint density at radius 3 is 2.48 bits per heavy atom. The van der Waals surface area contributed by atoms with E-state index in [0.717, 1.165) is 17.7 Å². The molecule has 2 aliphatic rings. The molecular weight excluding hydrogens is 377 g/mol. The van der Waals surface area contributed by atoms with Crippen LogP contribution in [0.2, 0.25) is 0 Å². The van der Waals surface area contributed by atoms with Gasteiger partial charge in [-0.25, -0.2) is 14.1 Å². The summed E-state index contributed by atoms with van der Waals surface area (Å²) in [7, 11) is 0. The minimum Gasteiger partial charge on any atom is -0.480 e. The quantitative estimate of drug-likeness (QED) is 0.804. The van der Waals surface area contributed by atoms with Crippen molar-refractivity contribution in [3.8, 4) is 0 Å². The number of rotatable bonds is 4. The second-order valence-corrected chi connectivity index (χ2v) is 8.91. The van der Waals surface area contributed by atoms with Gasteiger partial charge in [-0.3, -0.25) is 14.5 Å². The number of piperidine rings is 1. The SMILES string of the molecule is CC1(C)C(=O)N(C(=O)NCC2CCN(C(C)(C)C(=O)O)CC2)c2cc(F)ccc21. The van der Waals surface area contributed by atoms with Gasteiger partial charge in [-0.1, -0.05) is 6.07 Å². The van der Waals surface area contributed by atoms with E-state index in [9.17, 15) is 23.9 Å². The van der Waals surface area contributed by atoms with Gasteiger partial charge in [-0.15, -0.1) is 0 Å². The van der Waals surface area contributed by atoms with E-state index in [4.69, 9.17) is 0 Å². The second kappa shape index (κ2) is 7.40. The number of nitrogens with one attached hydrogen (secondary N) is 1. The number of urea groups is 1.